The minimum absolute atomic E-state index is 0.116. The molecule has 3 fully saturated rings. The largest absolute Gasteiger partial charge is 0.393 e. The van der Waals surface area contributed by atoms with Crippen molar-refractivity contribution < 1.29 is 5.11 Å². The number of aliphatic hydroxyl groups is 1. The number of rotatable bonds is 5. The molecule has 8 atom stereocenters. The quantitative estimate of drug-likeness (QED) is 0.460. The van der Waals surface area contributed by atoms with Crippen molar-refractivity contribution in [2.75, 3.05) is 0 Å². The summed E-state index contributed by atoms with van der Waals surface area (Å²) >= 11 is 0. The highest BCUT2D eigenvalue weighted by atomic mass is 16.3. The molecule has 0 heterocycles. The molecule has 0 aromatic heterocycles. The molecule has 3 saturated carbocycles. The molecule has 0 aromatic carbocycles. The molecule has 0 spiro atoms. The number of allylic oxidation sites excluding steroid dienone is 5. The predicted molar refractivity (Wildman–Crippen MR) is 128 cm³/mol. The van der Waals surface area contributed by atoms with Gasteiger partial charge in [0.1, 0.15) is 0 Å². The van der Waals surface area contributed by atoms with Crippen LogP contribution in [0.5, 0.6) is 0 Å². The normalized spacial score (nSPS) is 42.9. The van der Waals surface area contributed by atoms with Crippen LogP contribution in [-0.2, 0) is 0 Å². The van der Waals surface area contributed by atoms with E-state index in [1.165, 1.54) is 44.1 Å². The Morgan fingerprint density at radius 2 is 1.77 bits per heavy atom. The molecule has 4 rings (SSSR count). The van der Waals surface area contributed by atoms with Crippen molar-refractivity contribution in [2.45, 2.75) is 99.0 Å². The Balaban J connectivity index is 1.56. The Kier molecular flexibility index (Phi) is 6.17. The predicted octanol–water partition coefficient (Wildman–Crippen LogP) is 7.72. The van der Waals surface area contributed by atoms with Crippen molar-refractivity contribution in [1.82, 2.24) is 0 Å². The molecular weight excluding hydrogens is 364 g/mol. The first kappa shape index (κ1) is 22.4. The van der Waals surface area contributed by atoms with E-state index in [-0.39, 0.29) is 6.10 Å². The summed E-state index contributed by atoms with van der Waals surface area (Å²) in [4.78, 5) is 0. The van der Waals surface area contributed by atoms with Crippen LogP contribution in [0.3, 0.4) is 0 Å². The topological polar surface area (TPSA) is 20.2 Å². The molecule has 168 valence electrons. The molecule has 0 unspecified atom stereocenters. The summed E-state index contributed by atoms with van der Waals surface area (Å²) in [7, 11) is 0. The van der Waals surface area contributed by atoms with Crippen LogP contribution in [0, 0.1) is 46.3 Å². The Hall–Kier alpha value is -0.820. The van der Waals surface area contributed by atoms with Gasteiger partial charge in [-0.25, -0.2) is 0 Å². The monoisotopic (exact) mass is 410 g/mol. The van der Waals surface area contributed by atoms with Gasteiger partial charge in [0.15, 0.2) is 0 Å². The van der Waals surface area contributed by atoms with Gasteiger partial charge in [-0.1, -0.05) is 77.0 Å². The molecule has 0 bridgehead atoms. The van der Waals surface area contributed by atoms with Crippen LogP contribution >= 0.6 is 0 Å². The zero-order valence-corrected chi connectivity index (χ0v) is 20.5. The average molecular weight is 411 g/mol. The van der Waals surface area contributed by atoms with Gasteiger partial charge in [0.2, 0.25) is 0 Å². The fourth-order valence-electron chi connectivity index (χ4n) is 8.17. The molecule has 1 nitrogen and oxygen atoms in total. The summed E-state index contributed by atoms with van der Waals surface area (Å²) < 4.78 is 0. The van der Waals surface area contributed by atoms with Crippen LogP contribution in [0.1, 0.15) is 92.9 Å². The van der Waals surface area contributed by atoms with Crippen LogP contribution in [0.15, 0.2) is 35.5 Å². The van der Waals surface area contributed by atoms with Crippen LogP contribution in [0.25, 0.3) is 0 Å². The third-order valence-corrected chi connectivity index (χ3v) is 10.2. The van der Waals surface area contributed by atoms with E-state index >= 15 is 0 Å². The third-order valence-electron chi connectivity index (χ3n) is 10.2. The highest BCUT2D eigenvalue weighted by molar-refractivity contribution is 5.39. The smallest absolute Gasteiger partial charge is 0.0578 e. The maximum Gasteiger partial charge on any atom is 0.0578 e. The Bertz CT molecular complexity index is 727. The van der Waals surface area contributed by atoms with E-state index < -0.39 is 0 Å². The van der Waals surface area contributed by atoms with E-state index in [4.69, 9.17) is 0 Å². The third kappa shape index (κ3) is 3.58. The molecule has 4 aliphatic rings. The number of hydrogen-bond donors (Lipinski definition) is 1. The van der Waals surface area contributed by atoms with Gasteiger partial charge < -0.3 is 5.11 Å². The van der Waals surface area contributed by atoms with Gasteiger partial charge in [-0.05, 0) is 97.7 Å². The summed E-state index contributed by atoms with van der Waals surface area (Å²) in [5.41, 5.74) is 4.07. The zero-order valence-electron chi connectivity index (χ0n) is 20.5. The van der Waals surface area contributed by atoms with E-state index in [0.29, 0.717) is 16.7 Å². The van der Waals surface area contributed by atoms with Crippen molar-refractivity contribution in [1.29, 1.82) is 0 Å². The van der Waals surface area contributed by atoms with Gasteiger partial charge in [-0.3, -0.25) is 0 Å². The van der Waals surface area contributed by atoms with Crippen molar-refractivity contribution in [3.63, 3.8) is 0 Å². The second-order valence-corrected chi connectivity index (χ2v) is 12.1. The van der Waals surface area contributed by atoms with Crippen LogP contribution in [-0.4, -0.2) is 11.2 Å². The molecule has 4 aliphatic carbocycles. The van der Waals surface area contributed by atoms with Gasteiger partial charge in [-0.2, -0.15) is 0 Å². The first-order chi connectivity index (χ1) is 14.2. The summed E-state index contributed by atoms with van der Waals surface area (Å²) in [5.74, 6) is 4.45. The standard InChI is InChI=1S/C29H46O/c1-7-21(19(2)3)9-8-20(4)25-12-13-26-24-11-10-22-18-23(30)14-16-28(22,5)27(24)15-17-29(25,26)6/h8-11,19-21,23,25-27,30H,7,12-18H2,1-6H3/b9-8+/t20-,21+,23-,25+,26+,27+,28+,29+/m0/s1. The van der Waals surface area contributed by atoms with E-state index in [0.717, 1.165) is 42.4 Å². The van der Waals surface area contributed by atoms with Gasteiger partial charge in [0.25, 0.3) is 0 Å². The van der Waals surface area contributed by atoms with Crippen molar-refractivity contribution in [3.05, 3.63) is 35.5 Å². The van der Waals surface area contributed by atoms with E-state index in [1.807, 2.05) is 0 Å². The lowest BCUT2D eigenvalue weighted by atomic mass is 9.50. The molecule has 1 N–H and O–H groups in total. The second-order valence-electron chi connectivity index (χ2n) is 12.1. The molecule has 0 amide bonds. The number of aliphatic hydroxyl groups excluding tert-OH is 1. The lowest BCUT2D eigenvalue weighted by Gasteiger charge is -2.55. The van der Waals surface area contributed by atoms with Crippen LogP contribution in [0.2, 0.25) is 0 Å². The van der Waals surface area contributed by atoms with E-state index in [1.54, 1.807) is 5.57 Å². The minimum atomic E-state index is -0.116. The summed E-state index contributed by atoms with van der Waals surface area (Å²) in [5, 5.41) is 10.2. The van der Waals surface area contributed by atoms with Gasteiger partial charge >= 0.3 is 0 Å². The molecule has 1 heteroatoms. The molecule has 0 aromatic rings. The Labute approximate surface area is 186 Å². The fraction of sp³-hybridized carbons (Fsp3) is 0.793. The average Bonchev–Trinajstić information content (AvgIpc) is 3.06. The summed E-state index contributed by atoms with van der Waals surface area (Å²) in [6, 6.07) is 0. The van der Waals surface area contributed by atoms with Gasteiger partial charge in [0.05, 0.1) is 6.10 Å². The van der Waals surface area contributed by atoms with E-state index in [9.17, 15) is 5.11 Å². The Morgan fingerprint density at radius 1 is 1.00 bits per heavy atom. The molecule has 0 radical (unpaired) electrons. The number of fused-ring (bicyclic) bond motifs is 5. The van der Waals surface area contributed by atoms with Crippen LogP contribution in [0.4, 0.5) is 0 Å². The highest BCUT2D eigenvalue weighted by Gasteiger charge is 2.56. The number of hydrogen-bond acceptors (Lipinski definition) is 1. The van der Waals surface area contributed by atoms with Gasteiger partial charge in [-0.15, -0.1) is 0 Å². The van der Waals surface area contributed by atoms with Gasteiger partial charge in [0, 0.05) is 0 Å². The Morgan fingerprint density at radius 3 is 2.47 bits per heavy atom. The van der Waals surface area contributed by atoms with E-state index in [2.05, 4.69) is 65.8 Å². The molecule has 30 heavy (non-hydrogen) atoms. The second kappa shape index (κ2) is 8.27. The summed E-state index contributed by atoms with van der Waals surface area (Å²) in [6.45, 7) is 14.7. The zero-order chi connectivity index (χ0) is 21.7. The van der Waals surface area contributed by atoms with Crippen molar-refractivity contribution in [2.24, 2.45) is 46.3 Å². The van der Waals surface area contributed by atoms with Crippen LogP contribution < -0.4 is 0 Å². The van der Waals surface area contributed by atoms with Crippen molar-refractivity contribution in [3.8, 4) is 0 Å². The lowest BCUT2D eigenvalue weighted by Crippen LogP contribution is -2.46. The maximum absolute atomic E-state index is 10.2. The maximum atomic E-state index is 10.2. The molecule has 0 saturated heterocycles. The lowest BCUT2D eigenvalue weighted by molar-refractivity contribution is 0.0382. The molecular formula is C29H46O. The SMILES string of the molecule is CC[C@H](/C=C/[C@H](C)[C@H]1CC[C@@H]2C3=CC=C4C[C@@H](O)CC[C@@]4(C)[C@@H]3CC[C@@]21C)C(C)C. The summed E-state index contributed by atoms with van der Waals surface area (Å²) in [6.07, 6.45) is 19.7. The highest BCUT2D eigenvalue weighted by Crippen LogP contribution is 2.66. The fourth-order valence-corrected chi connectivity index (χ4v) is 8.17. The van der Waals surface area contributed by atoms with Crippen molar-refractivity contribution >= 4 is 0 Å². The molecule has 0 aliphatic heterocycles. The first-order valence-corrected chi connectivity index (χ1v) is 13.0. The minimum Gasteiger partial charge on any atom is -0.393 e. The first-order valence-electron chi connectivity index (χ1n) is 13.0.